The average molecular weight is 1100 g/mol. The predicted octanol–water partition coefficient (Wildman–Crippen LogP) is 14.5. The molecular formula is C48H26BF24NO. The minimum atomic E-state index is -6.13. The maximum absolute atomic E-state index is 14.2. The fraction of sp³-hybridized carbons (Fsp3) is 0.188. The molecule has 6 aromatic carbocycles. The summed E-state index contributed by atoms with van der Waals surface area (Å²) in [6, 6.07) is 9.48. The van der Waals surface area contributed by atoms with Crippen molar-refractivity contribution in [2.75, 3.05) is 0 Å². The number of hydrogen-bond acceptors (Lipinski definition) is 1. The Morgan fingerprint density at radius 2 is 0.600 bits per heavy atom. The van der Waals surface area contributed by atoms with Crippen LogP contribution in [0.2, 0.25) is 0 Å². The molecule has 1 heterocycles. The first-order valence-electron chi connectivity index (χ1n) is 20.6. The van der Waals surface area contributed by atoms with Crippen molar-refractivity contribution >= 4 is 38.8 Å². The zero-order valence-corrected chi connectivity index (χ0v) is 36.8. The van der Waals surface area contributed by atoms with Crippen molar-refractivity contribution < 1.29 is 115 Å². The van der Waals surface area contributed by atoms with E-state index < -0.39 is 195 Å². The summed E-state index contributed by atoms with van der Waals surface area (Å²) < 4.78 is 343. The molecule has 0 atom stereocenters. The van der Waals surface area contributed by atoms with Crippen molar-refractivity contribution in [3.8, 4) is 5.75 Å². The molecule has 0 N–H and O–H groups in total. The third-order valence-corrected chi connectivity index (χ3v) is 11.3. The quantitative estimate of drug-likeness (QED) is 0.0919. The van der Waals surface area contributed by atoms with Gasteiger partial charge in [0.1, 0.15) is 6.15 Å². The van der Waals surface area contributed by atoms with Gasteiger partial charge in [0.15, 0.2) is 0 Å². The van der Waals surface area contributed by atoms with E-state index in [9.17, 15) is 105 Å². The number of aryl methyl sites for hydroxylation is 1. The summed E-state index contributed by atoms with van der Waals surface area (Å²) in [5.74, 6) is 0.843. The van der Waals surface area contributed by atoms with Crippen molar-refractivity contribution in [2.24, 2.45) is 0 Å². The summed E-state index contributed by atoms with van der Waals surface area (Å²) in [5.41, 5.74) is -29.0. The van der Waals surface area contributed by atoms with Crippen LogP contribution in [-0.2, 0) is 49.4 Å². The summed E-state index contributed by atoms with van der Waals surface area (Å²) in [5, 5.41) is 2.37. The van der Waals surface area contributed by atoms with Crippen molar-refractivity contribution in [2.45, 2.75) is 56.3 Å². The van der Waals surface area contributed by atoms with Gasteiger partial charge < -0.3 is 0 Å². The fourth-order valence-electron chi connectivity index (χ4n) is 8.04. The van der Waals surface area contributed by atoms with Gasteiger partial charge in [-0.1, -0.05) is 78.9 Å². The number of benzene rings is 6. The van der Waals surface area contributed by atoms with Crippen LogP contribution in [0.3, 0.4) is 0 Å². The first-order valence-corrected chi connectivity index (χ1v) is 20.6. The van der Waals surface area contributed by atoms with Gasteiger partial charge in [0.05, 0.1) is 49.9 Å². The standard InChI is InChI=1S/C32H12BF24.C16H14NO/c34-25(35,36)13-1-14(26(37,38)39)6-21(5-13)33(22-7-15(27(40,41)42)2-16(8-22)28(43,44)45,23-9-17(29(46,47)48)3-18(10-23)30(49,50)51)24-11-19(31(52,53)54)4-20(12-24)32(55,56)57;1-13-5-4-8-16(11-13)18-17-10-9-14-6-2-3-7-15(14)12-17/h1-12H;2-12H,1H3/q-1;+1. The summed E-state index contributed by atoms with van der Waals surface area (Å²) in [6.07, 6.45) is -50.9. The Kier molecular flexibility index (Phi) is 14.9. The second kappa shape index (κ2) is 19.6. The molecule has 0 aliphatic rings. The number of rotatable bonds is 6. The van der Waals surface area contributed by atoms with E-state index in [0.717, 1.165) is 11.1 Å². The second-order valence-electron chi connectivity index (χ2n) is 16.6. The highest BCUT2D eigenvalue weighted by Gasteiger charge is 2.47. The zero-order chi connectivity index (χ0) is 56.3. The van der Waals surface area contributed by atoms with Crippen LogP contribution in [0.5, 0.6) is 5.75 Å². The monoisotopic (exact) mass is 1100 g/mol. The lowest BCUT2D eigenvalue weighted by molar-refractivity contribution is -0.874. The van der Waals surface area contributed by atoms with E-state index in [1.54, 1.807) is 4.73 Å². The lowest BCUT2D eigenvalue weighted by Gasteiger charge is -2.46. The zero-order valence-electron chi connectivity index (χ0n) is 36.8. The molecule has 0 aliphatic carbocycles. The van der Waals surface area contributed by atoms with Crippen molar-refractivity contribution in [3.05, 3.63) is 190 Å². The first kappa shape index (κ1) is 57.2. The molecular weight excluding hydrogens is 1070 g/mol. The van der Waals surface area contributed by atoms with Gasteiger partial charge in [-0.15, -0.1) is 0 Å². The van der Waals surface area contributed by atoms with Gasteiger partial charge in [0.2, 0.25) is 18.1 Å². The summed E-state index contributed by atoms with van der Waals surface area (Å²) in [7, 11) is 0. The Labute approximate surface area is 405 Å². The highest BCUT2D eigenvalue weighted by Crippen LogP contribution is 2.41. The van der Waals surface area contributed by atoms with Crippen LogP contribution in [0.15, 0.2) is 140 Å². The van der Waals surface area contributed by atoms with Crippen molar-refractivity contribution in [3.63, 3.8) is 0 Å². The molecule has 0 aliphatic heterocycles. The number of nitrogens with zero attached hydrogens (tertiary/aromatic N) is 1. The summed E-state index contributed by atoms with van der Waals surface area (Å²) >= 11 is 0. The molecule has 0 spiro atoms. The molecule has 75 heavy (non-hydrogen) atoms. The molecule has 0 unspecified atom stereocenters. The van der Waals surface area contributed by atoms with Crippen LogP contribution < -0.4 is 31.4 Å². The normalized spacial score (nSPS) is 13.4. The number of fused-ring (bicyclic) bond motifs is 1. The SMILES string of the molecule is Cc1cccc(O[n+]2ccc3ccccc3c2)c1.FC(F)(F)c1cc([B-](c2cc(C(F)(F)F)cc(C(F)(F)F)c2)(c2cc(C(F)(F)F)cc(C(F)(F)F)c2)c2cc(C(F)(F)F)cc(C(F)(F)F)c2)cc(C(F)(F)F)c1. The molecule has 7 rings (SSSR count). The number of pyridine rings is 1. The number of hydrogen-bond donors (Lipinski definition) is 0. The minimum Gasteiger partial charge on any atom is -0.232 e. The number of aromatic nitrogens is 1. The van der Waals surface area contributed by atoms with Gasteiger partial charge in [-0.25, -0.2) is 4.84 Å². The van der Waals surface area contributed by atoms with E-state index in [2.05, 4.69) is 25.1 Å². The fourth-order valence-corrected chi connectivity index (χ4v) is 8.04. The predicted molar refractivity (Wildman–Crippen MR) is 221 cm³/mol. The van der Waals surface area contributed by atoms with E-state index in [-0.39, 0.29) is 0 Å². The maximum Gasteiger partial charge on any atom is 0.416 e. The summed E-state index contributed by atoms with van der Waals surface area (Å²) in [4.78, 5) is 5.78. The Morgan fingerprint density at radius 1 is 0.320 bits per heavy atom. The van der Waals surface area contributed by atoms with Crippen LogP contribution in [0, 0.1) is 6.92 Å². The Morgan fingerprint density at radius 3 is 0.867 bits per heavy atom. The first-order chi connectivity index (χ1) is 34.1. The van der Waals surface area contributed by atoms with E-state index >= 15 is 0 Å². The largest absolute Gasteiger partial charge is 0.416 e. The van der Waals surface area contributed by atoms with E-state index in [0.29, 0.717) is 0 Å². The minimum absolute atomic E-state index is 0.691. The van der Waals surface area contributed by atoms with Gasteiger partial charge in [0, 0.05) is 10.8 Å². The van der Waals surface area contributed by atoms with Gasteiger partial charge in [-0.3, -0.25) is 0 Å². The van der Waals surface area contributed by atoms with E-state index in [1.807, 2.05) is 48.8 Å². The molecule has 400 valence electrons. The van der Waals surface area contributed by atoms with Crippen LogP contribution in [0.25, 0.3) is 10.8 Å². The molecule has 7 aromatic rings. The van der Waals surface area contributed by atoms with Gasteiger partial charge >= 0.3 is 49.4 Å². The molecule has 0 saturated heterocycles. The van der Waals surface area contributed by atoms with Gasteiger partial charge in [-0.2, -0.15) is 127 Å². The molecule has 0 radical (unpaired) electrons. The highest BCUT2D eigenvalue weighted by atomic mass is 19.4. The highest BCUT2D eigenvalue weighted by molar-refractivity contribution is 7.20. The molecule has 0 bridgehead atoms. The third kappa shape index (κ3) is 13.1. The molecule has 2 nitrogen and oxygen atoms in total. The number of alkyl halides is 24. The molecule has 0 fully saturated rings. The molecule has 27 heteroatoms. The van der Waals surface area contributed by atoms with Crippen molar-refractivity contribution in [1.82, 2.24) is 0 Å². The van der Waals surface area contributed by atoms with Crippen LogP contribution in [0.4, 0.5) is 105 Å². The Bertz CT molecular complexity index is 2770. The smallest absolute Gasteiger partial charge is 0.232 e. The third-order valence-electron chi connectivity index (χ3n) is 11.3. The van der Waals surface area contributed by atoms with Crippen LogP contribution in [-0.4, -0.2) is 6.15 Å². The van der Waals surface area contributed by atoms with Crippen LogP contribution >= 0.6 is 0 Å². The maximum atomic E-state index is 14.2. The molecule has 0 saturated carbocycles. The van der Waals surface area contributed by atoms with E-state index in [4.69, 9.17) is 4.84 Å². The Hall–Kier alpha value is -7.09. The lowest BCUT2D eigenvalue weighted by atomic mass is 9.12. The summed E-state index contributed by atoms with van der Waals surface area (Å²) in [6.45, 7) is 2.05. The average Bonchev–Trinajstić information content (AvgIpc) is 3.27. The van der Waals surface area contributed by atoms with E-state index in [1.165, 1.54) is 10.9 Å². The lowest BCUT2D eigenvalue weighted by Crippen LogP contribution is -2.75. The second-order valence-corrected chi connectivity index (χ2v) is 16.6. The van der Waals surface area contributed by atoms with Gasteiger partial charge in [-0.05, 0) is 60.3 Å². The van der Waals surface area contributed by atoms with Crippen molar-refractivity contribution in [1.29, 1.82) is 0 Å². The molecule has 1 aromatic heterocycles. The van der Waals surface area contributed by atoms with Gasteiger partial charge in [0.25, 0.3) is 0 Å². The topological polar surface area (TPSA) is 13.1 Å². The van der Waals surface area contributed by atoms with Crippen LogP contribution in [0.1, 0.15) is 50.1 Å². The molecule has 0 amide bonds. The Balaban J connectivity index is 0.000000421. The number of halogens is 24.